The monoisotopic (exact) mass is 395 g/mol. The Morgan fingerprint density at radius 2 is 1.85 bits per heavy atom. The van der Waals surface area contributed by atoms with E-state index in [0.717, 1.165) is 5.56 Å². The molecule has 0 fully saturated rings. The van der Waals surface area contributed by atoms with Crippen LogP contribution in [-0.4, -0.2) is 42.0 Å². The topological polar surface area (TPSA) is 111 Å². The summed E-state index contributed by atoms with van der Waals surface area (Å²) in [5.74, 6) is -0.461. The van der Waals surface area contributed by atoms with Crippen LogP contribution in [0.25, 0.3) is 0 Å². The first-order valence-electron chi connectivity index (χ1n) is 8.94. The molecule has 3 atom stereocenters. The number of alkyl carbamates (subject to hydrolysis) is 1. The van der Waals surface area contributed by atoms with Crippen LogP contribution in [0.15, 0.2) is 30.3 Å². The lowest BCUT2D eigenvalue weighted by Crippen LogP contribution is -2.55. The van der Waals surface area contributed by atoms with Gasteiger partial charge in [0.1, 0.15) is 18.7 Å². The van der Waals surface area contributed by atoms with E-state index in [2.05, 4.69) is 10.6 Å². The number of hydrogen-bond acceptors (Lipinski definition) is 5. The molecular formula is C19H29N3O4S. The third-order valence-corrected chi connectivity index (χ3v) is 4.89. The van der Waals surface area contributed by atoms with Crippen molar-refractivity contribution in [3.63, 3.8) is 0 Å². The summed E-state index contributed by atoms with van der Waals surface area (Å²) in [4.78, 5) is 36.3. The fourth-order valence-corrected chi connectivity index (χ4v) is 2.87. The van der Waals surface area contributed by atoms with Gasteiger partial charge in [-0.15, -0.1) is 0 Å². The molecule has 1 rings (SSSR count). The number of primary amides is 1. The van der Waals surface area contributed by atoms with E-state index in [4.69, 9.17) is 10.5 Å². The Labute approximate surface area is 164 Å². The number of ether oxygens (including phenoxy) is 1. The number of nitrogens with one attached hydrogen (secondary N) is 2. The van der Waals surface area contributed by atoms with Gasteiger partial charge in [0.2, 0.25) is 11.8 Å². The van der Waals surface area contributed by atoms with E-state index in [9.17, 15) is 14.4 Å². The van der Waals surface area contributed by atoms with Crippen molar-refractivity contribution in [2.75, 3.05) is 12.0 Å². The summed E-state index contributed by atoms with van der Waals surface area (Å²) >= 11 is 1.56. The number of carbonyl (C=O) groups is 3. The Hall–Kier alpha value is -2.22. The number of benzene rings is 1. The second kappa shape index (κ2) is 12.2. The summed E-state index contributed by atoms with van der Waals surface area (Å²) in [5, 5.41) is 5.25. The van der Waals surface area contributed by atoms with E-state index >= 15 is 0 Å². The van der Waals surface area contributed by atoms with E-state index < -0.39 is 30.0 Å². The molecule has 0 bridgehead atoms. The third-order valence-electron chi connectivity index (χ3n) is 4.25. The molecule has 0 heterocycles. The number of thioether (sulfide) groups is 1. The van der Waals surface area contributed by atoms with Crippen LogP contribution in [-0.2, 0) is 20.9 Å². The maximum atomic E-state index is 12.6. The van der Waals surface area contributed by atoms with Crippen molar-refractivity contribution in [3.8, 4) is 0 Å². The molecule has 0 aliphatic heterocycles. The van der Waals surface area contributed by atoms with Gasteiger partial charge in [-0.25, -0.2) is 4.79 Å². The Balaban J connectivity index is 2.68. The SMILES string of the molecule is CC[C@@H](C)[C@H](NC(=O)[C@H](CCSC)NC(=O)OCc1ccccc1)C(N)=O. The maximum Gasteiger partial charge on any atom is 0.408 e. The molecule has 0 spiro atoms. The van der Waals surface area contributed by atoms with E-state index in [0.29, 0.717) is 18.6 Å². The highest BCUT2D eigenvalue weighted by atomic mass is 32.2. The highest BCUT2D eigenvalue weighted by Crippen LogP contribution is 2.09. The molecule has 1 aromatic rings. The van der Waals surface area contributed by atoms with E-state index in [1.165, 1.54) is 0 Å². The van der Waals surface area contributed by atoms with Gasteiger partial charge in [-0.3, -0.25) is 9.59 Å². The third kappa shape index (κ3) is 8.34. The first-order valence-corrected chi connectivity index (χ1v) is 10.3. The molecule has 0 saturated heterocycles. The number of nitrogens with two attached hydrogens (primary N) is 1. The molecule has 1 aromatic carbocycles. The second-order valence-electron chi connectivity index (χ2n) is 6.31. The van der Waals surface area contributed by atoms with Crippen LogP contribution in [0.1, 0.15) is 32.3 Å². The maximum absolute atomic E-state index is 12.6. The summed E-state index contributed by atoms with van der Waals surface area (Å²) in [6.45, 7) is 3.87. The molecule has 0 aliphatic carbocycles. The summed E-state index contributed by atoms with van der Waals surface area (Å²) in [5.41, 5.74) is 6.26. The molecule has 4 N–H and O–H groups in total. The van der Waals surface area contributed by atoms with Crippen molar-refractivity contribution in [2.45, 2.75) is 45.4 Å². The van der Waals surface area contributed by atoms with Gasteiger partial charge < -0.3 is 21.1 Å². The Kier molecular flexibility index (Phi) is 10.3. The first kappa shape index (κ1) is 22.8. The average Bonchev–Trinajstić information content (AvgIpc) is 2.67. The van der Waals surface area contributed by atoms with Gasteiger partial charge in [0.15, 0.2) is 0 Å². The van der Waals surface area contributed by atoms with E-state index in [1.54, 1.807) is 11.8 Å². The van der Waals surface area contributed by atoms with Crippen molar-refractivity contribution in [2.24, 2.45) is 11.7 Å². The summed E-state index contributed by atoms with van der Waals surface area (Å²) < 4.78 is 5.18. The molecule has 0 unspecified atom stereocenters. The van der Waals surface area contributed by atoms with Crippen molar-refractivity contribution in [1.82, 2.24) is 10.6 Å². The van der Waals surface area contributed by atoms with Crippen LogP contribution < -0.4 is 16.4 Å². The highest BCUT2D eigenvalue weighted by Gasteiger charge is 2.28. The van der Waals surface area contributed by atoms with Gasteiger partial charge in [-0.2, -0.15) is 11.8 Å². The van der Waals surface area contributed by atoms with Crippen LogP contribution in [0.5, 0.6) is 0 Å². The largest absolute Gasteiger partial charge is 0.445 e. The van der Waals surface area contributed by atoms with Gasteiger partial charge in [0.05, 0.1) is 0 Å². The zero-order valence-electron chi connectivity index (χ0n) is 16.1. The molecule has 150 valence electrons. The lowest BCUT2D eigenvalue weighted by Gasteiger charge is -2.24. The zero-order valence-corrected chi connectivity index (χ0v) is 16.9. The minimum atomic E-state index is -0.799. The van der Waals surface area contributed by atoms with Crippen LogP contribution >= 0.6 is 11.8 Å². The predicted octanol–water partition coefficient (Wildman–Crippen LogP) is 2.05. The molecule has 0 radical (unpaired) electrons. The number of carbonyl (C=O) groups excluding carboxylic acids is 3. The molecule has 3 amide bonds. The molecule has 7 nitrogen and oxygen atoms in total. The van der Waals surface area contributed by atoms with Gasteiger partial charge in [-0.05, 0) is 29.9 Å². The zero-order chi connectivity index (χ0) is 20.2. The summed E-state index contributed by atoms with van der Waals surface area (Å²) in [6, 6.07) is 7.68. The minimum absolute atomic E-state index is 0.0994. The molecule has 0 saturated carbocycles. The minimum Gasteiger partial charge on any atom is -0.445 e. The fraction of sp³-hybridized carbons (Fsp3) is 0.526. The number of amides is 3. The lowest BCUT2D eigenvalue weighted by molar-refractivity contribution is -0.129. The molecule has 8 heteroatoms. The quantitative estimate of drug-likeness (QED) is 0.531. The van der Waals surface area contributed by atoms with Crippen LogP contribution in [0, 0.1) is 5.92 Å². The highest BCUT2D eigenvalue weighted by molar-refractivity contribution is 7.98. The first-order chi connectivity index (χ1) is 12.9. The average molecular weight is 396 g/mol. The summed E-state index contributed by atoms with van der Waals surface area (Å²) in [7, 11) is 0. The van der Waals surface area contributed by atoms with Crippen molar-refractivity contribution >= 4 is 29.7 Å². The van der Waals surface area contributed by atoms with E-state index in [-0.39, 0.29) is 12.5 Å². The number of hydrogen-bond donors (Lipinski definition) is 3. The lowest BCUT2D eigenvalue weighted by atomic mass is 9.98. The normalized spacial score (nSPS) is 13.9. The fourth-order valence-electron chi connectivity index (χ4n) is 2.39. The van der Waals surface area contributed by atoms with E-state index in [1.807, 2.05) is 50.4 Å². The van der Waals surface area contributed by atoms with Gasteiger partial charge >= 0.3 is 6.09 Å². The Morgan fingerprint density at radius 3 is 2.41 bits per heavy atom. The van der Waals surface area contributed by atoms with Crippen LogP contribution in [0.3, 0.4) is 0 Å². The molecule has 0 aromatic heterocycles. The summed E-state index contributed by atoms with van der Waals surface area (Å²) in [6.07, 6.45) is 2.34. The Morgan fingerprint density at radius 1 is 1.19 bits per heavy atom. The van der Waals surface area contributed by atoms with Crippen molar-refractivity contribution in [1.29, 1.82) is 0 Å². The van der Waals surface area contributed by atoms with Gasteiger partial charge in [0.25, 0.3) is 0 Å². The number of rotatable bonds is 11. The molecular weight excluding hydrogens is 366 g/mol. The Bertz CT molecular complexity index is 612. The van der Waals surface area contributed by atoms with Crippen LogP contribution in [0.2, 0.25) is 0 Å². The second-order valence-corrected chi connectivity index (χ2v) is 7.30. The van der Waals surface area contributed by atoms with Crippen LogP contribution in [0.4, 0.5) is 4.79 Å². The van der Waals surface area contributed by atoms with Crippen molar-refractivity contribution < 1.29 is 19.1 Å². The van der Waals surface area contributed by atoms with Gasteiger partial charge in [-0.1, -0.05) is 50.6 Å². The smallest absolute Gasteiger partial charge is 0.408 e. The molecule has 0 aliphatic rings. The standard InChI is InChI=1S/C19H29N3O4S/c1-4-13(2)16(17(20)23)22-18(24)15(10-11-27-3)21-19(25)26-12-14-8-6-5-7-9-14/h5-9,13,15-16H,4,10-12H2,1-3H3,(H2,20,23)(H,21,25)(H,22,24)/t13-,15+,16+/m1/s1. The predicted molar refractivity (Wildman–Crippen MR) is 107 cm³/mol. The molecule has 27 heavy (non-hydrogen) atoms. The van der Waals surface area contributed by atoms with Crippen molar-refractivity contribution in [3.05, 3.63) is 35.9 Å². The van der Waals surface area contributed by atoms with Gasteiger partial charge in [0, 0.05) is 0 Å².